The average molecular weight is 532 g/mol. The molecule has 2 aromatic carbocycles. The van der Waals surface area contributed by atoms with Gasteiger partial charge in [0.05, 0.1) is 12.3 Å². The van der Waals surface area contributed by atoms with Crippen molar-refractivity contribution in [2.75, 3.05) is 13.2 Å². The first kappa shape index (κ1) is 27.4. The van der Waals surface area contributed by atoms with Gasteiger partial charge in [-0.05, 0) is 61.1 Å². The van der Waals surface area contributed by atoms with Gasteiger partial charge in [-0.25, -0.2) is 4.98 Å². The van der Waals surface area contributed by atoms with Crippen molar-refractivity contribution in [3.05, 3.63) is 107 Å². The van der Waals surface area contributed by atoms with Crippen molar-refractivity contribution >= 4 is 29.1 Å². The molecule has 1 N–H and O–H groups in total. The molecule has 0 fully saturated rings. The second-order valence-corrected chi connectivity index (χ2v) is 10.3. The fraction of sp³-hybridized carbons (Fsp3) is 0.323. The second-order valence-electron chi connectivity index (χ2n) is 9.89. The van der Waals surface area contributed by atoms with Gasteiger partial charge < -0.3 is 10.1 Å². The van der Waals surface area contributed by atoms with Crippen molar-refractivity contribution in [2.24, 2.45) is 5.92 Å². The van der Waals surface area contributed by atoms with E-state index in [9.17, 15) is 9.59 Å². The number of ether oxygens (including phenoxy) is 1. The summed E-state index contributed by atoms with van der Waals surface area (Å²) < 4.78 is 7.13. The molecule has 0 aliphatic heterocycles. The number of rotatable bonds is 11. The number of carbonyl (C=O) groups is 2. The highest BCUT2D eigenvalue weighted by Crippen LogP contribution is 2.26. The maximum atomic E-state index is 13.4. The van der Waals surface area contributed by atoms with Crippen molar-refractivity contribution in [1.82, 2.24) is 14.7 Å². The molecule has 0 radical (unpaired) electrons. The fourth-order valence-corrected chi connectivity index (χ4v) is 4.86. The first-order valence-electron chi connectivity index (χ1n) is 13.1. The Morgan fingerprint density at radius 2 is 1.74 bits per heavy atom. The SMILES string of the molecule is CCOC(=O)C(Cc1ccccc1)c1cn2c(C(=O)NCC(CC(C)C)c3ccc(Cl)cc3)cccc2n1. The Labute approximate surface area is 229 Å². The van der Waals surface area contributed by atoms with Crippen molar-refractivity contribution in [2.45, 2.75) is 45.4 Å². The summed E-state index contributed by atoms with van der Waals surface area (Å²) in [5.74, 6) is -0.471. The number of carbonyl (C=O) groups excluding carboxylic acids is 2. The molecular formula is C31H34ClN3O3. The van der Waals surface area contributed by atoms with Crippen LogP contribution in [0.2, 0.25) is 5.02 Å². The molecule has 38 heavy (non-hydrogen) atoms. The summed E-state index contributed by atoms with van der Waals surface area (Å²) in [6.07, 6.45) is 3.17. The lowest BCUT2D eigenvalue weighted by atomic mass is 9.90. The first-order chi connectivity index (χ1) is 18.4. The zero-order valence-corrected chi connectivity index (χ0v) is 22.8. The highest BCUT2D eigenvalue weighted by molar-refractivity contribution is 6.30. The third-order valence-corrected chi connectivity index (χ3v) is 6.81. The van der Waals surface area contributed by atoms with Crippen molar-refractivity contribution < 1.29 is 14.3 Å². The Morgan fingerprint density at radius 1 is 1.00 bits per heavy atom. The van der Waals surface area contributed by atoms with Crippen LogP contribution in [0, 0.1) is 5.92 Å². The topological polar surface area (TPSA) is 72.7 Å². The third kappa shape index (κ3) is 6.81. The van der Waals surface area contributed by atoms with E-state index in [1.165, 1.54) is 0 Å². The van der Waals surface area contributed by atoms with E-state index in [1.807, 2.05) is 66.7 Å². The third-order valence-electron chi connectivity index (χ3n) is 6.56. The molecule has 0 spiro atoms. The van der Waals surface area contributed by atoms with Gasteiger partial charge in [0, 0.05) is 23.7 Å². The average Bonchev–Trinajstić information content (AvgIpc) is 3.34. The van der Waals surface area contributed by atoms with E-state index < -0.39 is 5.92 Å². The molecule has 6 nitrogen and oxygen atoms in total. The minimum Gasteiger partial charge on any atom is -0.465 e. The number of amides is 1. The molecule has 0 bridgehead atoms. The molecule has 2 unspecified atom stereocenters. The Morgan fingerprint density at radius 3 is 2.42 bits per heavy atom. The quantitative estimate of drug-likeness (QED) is 0.226. The lowest BCUT2D eigenvalue weighted by Crippen LogP contribution is -2.30. The van der Waals surface area contributed by atoms with Crippen LogP contribution in [0.4, 0.5) is 0 Å². The van der Waals surface area contributed by atoms with Gasteiger partial charge in [0.25, 0.3) is 5.91 Å². The molecule has 2 atom stereocenters. The van der Waals surface area contributed by atoms with Crippen molar-refractivity contribution in [3.63, 3.8) is 0 Å². The summed E-state index contributed by atoms with van der Waals surface area (Å²) in [5.41, 5.74) is 3.80. The van der Waals surface area contributed by atoms with Crippen LogP contribution < -0.4 is 5.32 Å². The maximum Gasteiger partial charge on any atom is 0.315 e. The molecule has 7 heteroatoms. The van der Waals surface area contributed by atoms with E-state index in [-0.39, 0.29) is 24.4 Å². The van der Waals surface area contributed by atoms with Crippen LogP contribution in [0.15, 0.2) is 79.0 Å². The lowest BCUT2D eigenvalue weighted by molar-refractivity contribution is -0.145. The van der Waals surface area contributed by atoms with E-state index in [0.29, 0.717) is 40.9 Å². The smallest absolute Gasteiger partial charge is 0.315 e. The molecule has 0 aliphatic carbocycles. The predicted octanol–water partition coefficient (Wildman–Crippen LogP) is 6.44. The number of esters is 1. The Kier molecular flexibility index (Phi) is 9.19. The van der Waals surface area contributed by atoms with E-state index in [0.717, 1.165) is 17.5 Å². The number of nitrogens with one attached hydrogen (secondary N) is 1. The largest absolute Gasteiger partial charge is 0.465 e. The number of nitrogens with zero attached hydrogens (tertiary/aromatic N) is 2. The molecule has 0 saturated heterocycles. The summed E-state index contributed by atoms with van der Waals surface area (Å²) in [6, 6.07) is 23.0. The minimum absolute atomic E-state index is 0.160. The van der Waals surface area contributed by atoms with E-state index >= 15 is 0 Å². The van der Waals surface area contributed by atoms with E-state index in [4.69, 9.17) is 21.3 Å². The molecule has 0 aliphatic rings. The Balaban J connectivity index is 1.58. The van der Waals surface area contributed by atoms with Crippen LogP contribution in [0.5, 0.6) is 0 Å². The monoisotopic (exact) mass is 531 g/mol. The maximum absolute atomic E-state index is 13.4. The number of pyridine rings is 1. The fourth-order valence-electron chi connectivity index (χ4n) is 4.73. The summed E-state index contributed by atoms with van der Waals surface area (Å²) in [7, 11) is 0. The molecule has 198 valence electrons. The summed E-state index contributed by atoms with van der Waals surface area (Å²) >= 11 is 6.08. The molecule has 0 saturated carbocycles. The first-order valence-corrected chi connectivity index (χ1v) is 13.5. The van der Waals surface area contributed by atoms with Gasteiger partial charge in [0.2, 0.25) is 0 Å². The van der Waals surface area contributed by atoms with Crippen molar-refractivity contribution in [1.29, 1.82) is 0 Å². The zero-order valence-electron chi connectivity index (χ0n) is 22.1. The number of hydrogen-bond acceptors (Lipinski definition) is 4. The van der Waals surface area contributed by atoms with Gasteiger partial charge in [-0.2, -0.15) is 0 Å². The molecule has 4 rings (SSSR count). The van der Waals surface area contributed by atoms with Crippen LogP contribution in [0.25, 0.3) is 5.65 Å². The number of hydrogen-bond donors (Lipinski definition) is 1. The number of benzene rings is 2. The normalized spacial score (nSPS) is 12.9. The standard InChI is InChI=1S/C31H34ClN3O3/c1-4-38-31(37)26(18-22-9-6-5-7-10-22)27-20-35-28(11-8-12-29(35)34-27)30(36)33-19-24(17-21(2)3)23-13-15-25(32)16-14-23/h5-16,20-21,24,26H,4,17-19H2,1-3H3,(H,33,36). The second kappa shape index (κ2) is 12.7. The molecule has 2 aromatic heterocycles. The van der Waals surface area contributed by atoms with Crippen LogP contribution in [0.3, 0.4) is 0 Å². The van der Waals surface area contributed by atoms with Gasteiger partial charge in [0.15, 0.2) is 0 Å². The Hall–Kier alpha value is -3.64. The number of aromatic nitrogens is 2. The minimum atomic E-state index is -0.575. The number of halogens is 1. The highest BCUT2D eigenvalue weighted by Gasteiger charge is 2.26. The summed E-state index contributed by atoms with van der Waals surface area (Å²) in [6.45, 7) is 6.92. The Bertz CT molecular complexity index is 1370. The lowest BCUT2D eigenvalue weighted by Gasteiger charge is -2.20. The van der Waals surface area contributed by atoms with Crippen LogP contribution >= 0.6 is 11.6 Å². The van der Waals surface area contributed by atoms with Gasteiger partial charge in [-0.3, -0.25) is 14.0 Å². The molecule has 4 aromatic rings. The van der Waals surface area contributed by atoms with Gasteiger partial charge in [0.1, 0.15) is 17.3 Å². The van der Waals surface area contributed by atoms with Crippen LogP contribution in [-0.2, 0) is 16.0 Å². The molecule has 1 amide bonds. The van der Waals surface area contributed by atoms with E-state index in [2.05, 4.69) is 19.2 Å². The van der Waals surface area contributed by atoms with Gasteiger partial charge >= 0.3 is 5.97 Å². The molecule has 2 heterocycles. The van der Waals surface area contributed by atoms with Gasteiger partial charge in [-0.15, -0.1) is 0 Å². The summed E-state index contributed by atoms with van der Waals surface area (Å²) in [4.78, 5) is 31.0. The molecular weight excluding hydrogens is 498 g/mol. The van der Waals surface area contributed by atoms with Crippen molar-refractivity contribution in [3.8, 4) is 0 Å². The summed E-state index contributed by atoms with van der Waals surface area (Å²) in [5, 5.41) is 3.81. The predicted molar refractivity (Wildman–Crippen MR) is 151 cm³/mol. The van der Waals surface area contributed by atoms with Gasteiger partial charge in [-0.1, -0.05) is 74.0 Å². The van der Waals surface area contributed by atoms with Crippen LogP contribution in [-0.4, -0.2) is 34.4 Å². The van der Waals surface area contributed by atoms with E-state index in [1.54, 1.807) is 23.6 Å². The highest BCUT2D eigenvalue weighted by atomic mass is 35.5. The number of fused-ring (bicyclic) bond motifs is 1. The van der Waals surface area contributed by atoms with Crippen LogP contribution in [0.1, 0.15) is 66.3 Å². The zero-order chi connectivity index (χ0) is 27.1. The number of imidazole rings is 1.